The minimum absolute atomic E-state index is 0.162. The molecule has 4 heteroatoms. The number of carbonyl (C=O) groups excluding carboxylic acids is 1. The quantitative estimate of drug-likeness (QED) is 0.834. The van der Waals surface area contributed by atoms with E-state index in [1.165, 1.54) is 0 Å². The molecule has 1 saturated heterocycles. The Balaban J connectivity index is 2.18. The van der Waals surface area contributed by atoms with Gasteiger partial charge < -0.3 is 10.2 Å². The number of nitrogens with zero attached hydrogens (tertiary/aromatic N) is 2. The van der Waals surface area contributed by atoms with E-state index in [4.69, 9.17) is 0 Å². The second-order valence-electron chi connectivity index (χ2n) is 5.04. The summed E-state index contributed by atoms with van der Waals surface area (Å²) in [5, 5.41) is 3.30. The van der Waals surface area contributed by atoms with E-state index in [1.807, 2.05) is 23.1 Å². The SMILES string of the molecule is CC1(C)CNCCC(=O)N1Cc1ccccn1. The van der Waals surface area contributed by atoms with Crippen LogP contribution in [-0.2, 0) is 11.3 Å². The van der Waals surface area contributed by atoms with Crippen molar-refractivity contribution in [1.82, 2.24) is 15.2 Å². The molecule has 0 unspecified atom stereocenters. The number of aromatic nitrogens is 1. The monoisotopic (exact) mass is 233 g/mol. The molecular weight excluding hydrogens is 214 g/mol. The van der Waals surface area contributed by atoms with Crippen molar-refractivity contribution in [2.45, 2.75) is 32.4 Å². The molecule has 0 bridgehead atoms. The maximum Gasteiger partial charge on any atom is 0.224 e. The smallest absolute Gasteiger partial charge is 0.224 e. The molecule has 17 heavy (non-hydrogen) atoms. The molecule has 1 fully saturated rings. The molecule has 1 aromatic rings. The first-order valence-corrected chi connectivity index (χ1v) is 6.01. The van der Waals surface area contributed by atoms with Crippen molar-refractivity contribution in [3.8, 4) is 0 Å². The molecule has 1 amide bonds. The number of carbonyl (C=O) groups is 1. The van der Waals surface area contributed by atoms with Gasteiger partial charge in [0, 0.05) is 25.7 Å². The number of rotatable bonds is 2. The van der Waals surface area contributed by atoms with Crippen molar-refractivity contribution >= 4 is 5.91 Å². The summed E-state index contributed by atoms with van der Waals surface area (Å²) in [7, 11) is 0. The molecule has 1 N–H and O–H groups in total. The van der Waals surface area contributed by atoms with Gasteiger partial charge in [0.15, 0.2) is 0 Å². The molecule has 0 radical (unpaired) electrons. The van der Waals surface area contributed by atoms with E-state index in [0.29, 0.717) is 13.0 Å². The van der Waals surface area contributed by atoms with Gasteiger partial charge in [0.1, 0.15) is 0 Å². The lowest BCUT2D eigenvalue weighted by Gasteiger charge is -2.36. The van der Waals surface area contributed by atoms with Gasteiger partial charge in [0.05, 0.1) is 17.8 Å². The maximum absolute atomic E-state index is 12.1. The fourth-order valence-electron chi connectivity index (χ4n) is 2.11. The van der Waals surface area contributed by atoms with Gasteiger partial charge >= 0.3 is 0 Å². The fraction of sp³-hybridized carbons (Fsp3) is 0.538. The highest BCUT2D eigenvalue weighted by atomic mass is 16.2. The Morgan fingerprint density at radius 2 is 2.29 bits per heavy atom. The minimum Gasteiger partial charge on any atom is -0.330 e. The molecule has 1 aliphatic rings. The Morgan fingerprint density at radius 3 is 3.00 bits per heavy atom. The molecule has 4 nitrogen and oxygen atoms in total. The summed E-state index contributed by atoms with van der Waals surface area (Å²) in [5.74, 6) is 0.200. The standard InChI is InChI=1S/C13H19N3O/c1-13(2)10-14-8-6-12(17)16(13)9-11-5-3-4-7-15-11/h3-5,7,14H,6,8-10H2,1-2H3. The Kier molecular flexibility index (Phi) is 3.43. The van der Waals surface area contributed by atoms with Crippen LogP contribution in [0.25, 0.3) is 0 Å². The second-order valence-corrected chi connectivity index (χ2v) is 5.04. The lowest BCUT2D eigenvalue weighted by atomic mass is 10.0. The lowest BCUT2D eigenvalue weighted by Crippen LogP contribution is -2.50. The number of amides is 1. The van der Waals surface area contributed by atoms with Crippen LogP contribution in [0.1, 0.15) is 26.0 Å². The summed E-state index contributed by atoms with van der Waals surface area (Å²) in [6.07, 6.45) is 2.33. The number of nitrogens with one attached hydrogen (secondary N) is 1. The molecule has 0 aromatic carbocycles. The van der Waals surface area contributed by atoms with E-state index < -0.39 is 0 Å². The third-order valence-corrected chi connectivity index (χ3v) is 3.15. The average molecular weight is 233 g/mol. The van der Waals surface area contributed by atoms with Gasteiger partial charge in [0.2, 0.25) is 5.91 Å². The minimum atomic E-state index is -0.162. The number of hydrogen-bond donors (Lipinski definition) is 1. The van der Waals surface area contributed by atoms with Crippen molar-refractivity contribution in [3.05, 3.63) is 30.1 Å². The van der Waals surface area contributed by atoms with Crippen molar-refractivity contribution in [2.75, 3.05) is 13.1 Å². The lowest BCUT2D eigenvalue weighted by molar-refractivity contribution is -0.135. The second kappa shape index (κ2) is 4.84. The third kappa shape index (κ3) is 2.82. The zero-order valence-corrected chi connectivity index (χ0v) is 10.4. The summed E-state index contributed by atoms with van der Waals surface area (Å²) in [5.41, 5.74) is 0.779. The predicted molar refractivity (Wildman–Crippen MR) is 66.4 cm³/mol. The van der Waals surface area contributed by atoms with Crippen LogP contribution in [0.15, 0.2) is 24.4 Å². The van der Waals surface area contributed by atoms with E-state index in [0.717, 1.165) is 18.8 Å². The maximum atomic E-state index is 12.1. The first kappa shape index (κ1) is 12.0. The Hall–Kier alpha value is -1.42. The summed E-state index contributed by atoms with van der Waals surface area (Å²) in [6, 6.07) is 5.80. The van der Waals surface area contributed by atoms with E-state index in [1.54, 1.807) is 6.20 Å². The van der Waals surface area contributed by atoms with Crippen molar-refractivity contribution in [3.63, 3.8) is 0 Å². The first-order chi connectivity index (χ1) is 8.09. The van der Waals surface area contributed by atoms with Crippen LogP contribution in [-0.4, -0.2) is 34.4 Å². The fourth-order valence-corrected chi connectivity index (χ4v) is 2.11. The topological polar surface area (TPSA) is 45.2 Å². The van der Waals surface area contributed by atoms with Gasteiger partial charge in [0.25, 0.3) is 0 Å². The summed E-state index contributed by atoms with van der Waals surface area (Å²) in [4.78, 5) is 18.3. The Labute approximate surface area is 102 Å². The van der Waals surface area contributed by atoms with Crippen LogP contribution in [0.4, 0.5) is 0 Å². The van der Waals surface area contributed by atoms with E-state index in [9.17, 15) is 4.79 Å². The van der Waals surface area contributed by atoms with Gasteiger partial charge in [-0.1, -0.05) is 6.07 Å². The number of hydrogen-bond acceptors (Lipinski definition) is 3. The predicted octanol–water partition coefficient (Wildman–Crippen LogP) is 1.18. The molecular formula is C13H19N3O. The van der Waals surface area contributed by atoms with Crippen LogP contribution in [0.5, 0.6) is 0 Å². The van der Waals surface area contributed by atoms with Gasteiger partial charge in [-0.25, -0.2) is 0 Å². The van der Waals surface area contributed by atoms with Gasteiger partial charge in [-0.05, 0) is 26.0 Å². The normalized spacial score (nSPS) is 20.1. The highest BCUT2D eigenvalue weighted by molar-refractivity contribution is 5.77. The van der Waals surface area contributed by atoms with Crippen molar-refractivity contribution in [2.24, 2.45) is 0 Å². The molecule has 0 spiro atoms. The van der Waals surface area contributed by atoms with E-state index in [2.05, 4.69) is 24.1 Å². The molecule has 92 valence electrons. The van der Waals surface area contributed by atoms with Crippen LogP contribution in [0.3, 0.4) is 0 Å². The molecule has 0 aliphatic carbocycles. The van der Waals surface area contributed by atoms with Crippen LogP contribution in [0, 0.1) is 0 Å². The Morgan fingerprint density at radius 1 is 1.47 bits per heavy atom. The molecule has 0 atom stereocenters. The highest BCUT2D eigenvalue weighted by Gasteiger charge is 2.32. The summed E-state index contributed by atoms with van der Waals surface area (Å²) < 4.78 is 0. The zero-order chi connectivity index (χ0) is 12.3. The van der Waals surface area contributed by atoms with E-state index in [-0.39, 0.29) is 11.4 Å². The summed E-state index contributed by atoms with van der Waals surface area (Å²) >= 11 is 0. The van der Waals surface area contributed by atoms with Crippen LogP contribution >= 0.6 is 0 Å². The van der Waals surface area contributed by atoms with Crippen LogP contribution < -0.4 is 5.32 Å². The third-order valence-electron chi connectivity index (χ3n) is 3.15. The summed E-state index contributed by atoms with van der Waals surface area (Å²) in [6.45, 7) is 6.36. The zero-order valence-electron chi connectivity index (χ0n) is 10.4. The van der Waals surface area contributed by atoms with Gasteiger partial charge in [-0.15, -0.1) is 0 Å². The van der Waals surface area contributed by atoms with E-state index >= 15 is 0 Å². The van der Waals surface area contributed by atoms with Crippen molar-refractivity contribution < 1.29 is 4.79 Å². The molecule has 1 aliphatic heterocycles. The average Bonchev–Trinajstić information content (AvgIpc) is 2.43. The van der Waals surface area contributed by atoms with Crippen molar-refractivity contribution in [1.29, 1.82) is 0 Å². The van der Waals surface area contributed by atoms with Crippen LogP contribution in [0.2, 0.25) is 0 Å². The number of pyridine rings is 1. The molecule has 1 aromatic heterocycles. The van der Waals surface area contributed by atoms with Gasteiger partial charge in [-0.3, -0.25) is 9.78 Å². The Bertz CT molecular complexity index is 389. The molecule has 0 saturated carbocycles. The largest absolute Gasteiger partial charge is 0.330 e. The van der Waals surface area contributed by atoms with Gasteiger partial charge in [-0.2, -0.15) is 0 Å². The first-order valence-electron chi connectivity index (χ1n) is 6.01. The molecule has 2 rings (SSSR count). The highest BCUT2D eigenvalue weighted by Crippen LogP contribution is 2.19. The molecule has 2 heterocycles.